The average Bonchev–Trinajstić information content (AvgIpc) is 2.47. The van der Waals surface area contributed by atoms with Crippen LogP contribution in [0.15, 0.2) is 12.1 Å². The number of aromatic nitrogens is 3. The van der Waals surface area contributed by atoms with E-state index in [0.717, 1.165) is 0 Å². The molecule has 1 aromatic heterocycles. The van der Waals surface area contributed by atoms with Crippen molar-refractivity contribution in [3.05, 3.63) is 22.4 Å². The molecule has 0 aliphatic carbocycles. The number of ether oxygens (including phenoxy) is 3. The van der Waals surface area contributed by atoms with Gasteiger partial charge in [-0.3, -0.25) is 0 Å². The second-order valence-corrected chi connectivity index (χ2v) is 4.47. The van der Waals surface area contributed by atoms with Gasteiger partial charge in [0.05, 0.1) is 32.0 Å². The Hall–Kier alpha value is -1.99. The molecule has 7 nitrogen and oxygen atoms in total. The van der Waals surface area contributed by atoms with E-state index in [1.54, 1.807) is 12.1 Å². The van der Waals surface area contributed by atoms with Gasteiger partial charge in [-0.15, -0.1) is 0 Å². The van der Waals surface area contributed by atoms with Crippen LogP contribution in [0.5, 0.6) is 17.5 Å². The van der Waals surface area contributed by atoms with Crippen molar-refractivity contribution in [1.82, 2.24) is 15.0 Å². The maximum Gasteiger partial charge on any atom is 0.322 e. The number of benzene rings is 1. The largest absolute Gasteiger partial charge is 0.495 e. The summed E-state index contributed by atoms with van der Waals surface area (Å²) >= 11 is 11.8. The van der Waals surface area contributed by atoms with Crippen LogP contribution < -0.4 is 19.5 Å². The molecule has 0 saturated heterocycles. The van der Waals surface area contributed by atoms with Gasteiger partial charge < -0.3 is 19.5 Å². The normalized spacial score (nSPS) is 10.1. The topological polar surface area (TPSA) is 78.4 Å². The summed E-state index contributed by atoms with van der Waals surface area (Å²) in [4.78, 5) is 11.8. The van der Waals surface area contributed by atoms with Crippen LogP contribution in [0, 0.1) is 0 Å². The lowest BCUT2D eigenvalue weighted by Gasteiger charge is -2.13. The fraction of sp³-hybridized carbons (Fsp3) is 0.250. The Morgan fingerprint density at radius 1 is 0.905 bits per heavy atom. The number of methoxy groups -OCH3 is 3. The van der Waals surface area contributed by atoms with Crippen molar-refractivity contribution in [2.24, 2.45) is 0 Å². The SMILES string of the molecule is COc1nc(Cl)nc(Nc2cc(OC)c(Cl)cc2OC)n1. The van der Waals surface area contributed by atoms with Crippen molar-refractivity contribution in [3.8, 4) is 17.5 Å². The highest BCUT2D eigenvalue weighted by Gasteiger charge is 2.12. The fourth-order valence-electron chi connectivity index (χ4n) is 1.56. The highest BCUT2D eigenvalue weighted by atomic mass is 35.5. The minimum absolute atomic E-state index is 0.00393. The lowest BCUT2D eigenvalue weighted by atomic mass is 10.2. The maximum absolute atomic E-state index is 6.04. The van der Waals surface area contributed by atoms with Crippen LogP contribution in [0.4, 0.5) is 11.6 Å². The molecule has 2 aromatic rings. The molecule has 112 valence electrons. The zero-order valence-corrected chi connectivity index (χ0v) is 13.0. The third kappa shape index (κ3) is 3.56. The molecule has 0 aliphatic rings. The summed E-state index contributed by atoms with van der Waals surface area (Å²) in [6, 6.07) is 3.37. The minimum atomic E-state index is 0.00393. The number of hydrogen-bond donors (Lipinski definition) is 1. The molecular formula is C12H12Cl2N4O3. The van der Waals surface area contributed by atoms with E-state index in [1.165, 1.54) is 21.3 Å². The number of anilines is 2. The zero-order valence-electron chi connectivity index (χ0n) is 11.5. The second kappa shape index (κ2) is 6.64. The predicted molar refractivity (Wildman–Crippen MR) is 79.2 cm³/mol. The average molecular weight is 331 g/mol. The molecule has 9 heteroatoms. The summed E-state index contributed by atoms with van der Waals surface area (Å²) in [5.74, 6) is 1.18. The molecule has 0 radical (unpaired) electrons. The smallest absolute Gasteiger partial charge is 0.322 e. The molecule has 0 saturated carbocycles. The van der Waals surface area contributed by atoms with Crippen LogP contribution in [-0.2, 0) is 0 Å². The monoisotopic (exact) mass is 330 g/mol. The third-order valence-electron chi connectivity index (χ3n) is 2.49. The summed E-state index contributed by atoms with van der Waals surface area (Å²) in [7, 11) is 4.46. The zero-order chi connectivity index (χ0) is 15.4. The van der Waals surface area contributed by atoms with Gasteiger partial charge in [0.15, 0.2) is 0 Å². The van der Waals surface area contributed by atoms with Crippen LogP contribution in [0.25, 0.3) is 0 Å². The lowest BCUT2D eigenvalue weighted by Crippen LogP contribution is -2.03. The van der Waals surface area contributed by atoms with Crippen LogP contribution in [0.3, 0.4) is 0 Å². The Morgan fingerprint density at radius 3 is 2.24 bits per heavy atom. The summed E-state index contributed by atoms with van der Waals surface area (Å²) in [5, 5.41) is 3.38. The van der Waals surface area contributed by atoms with E-state index >= 15 is 0 Å². The first-order valence-corrected chi connectivity index (χ1v) is 6.47. The van der Waals surface area contributed by atoms with Crippen molar-refractivity contribution in [1.29, 1.82) is 0 Å². The summed E-state index contributed by atoms with van der Waals surface area (Å²) < 4.78 is 15.3. The van der Waals surface area contributed by atoms with Crippen molar-refractivity contribution in [2.45, 2.75) is 0 Å². The van der Waals surface area contributed by atoms with Crippen LogP contribution >= 0.6 is 23.2 Å². The molecule has 0 aliphatic heterocycles. The molecular weight excluding hydrogens is 319 g/mol. The van der Waals surface area contributed by atoms with Gasteiger partial charge in [-0.2, -0.15) is 15.0 Å². The molecule has 1 heterocycles. The lowest BCUT2D eigenvalue weighted by molar-refractivity contribution is 0.379. The quantitative estimate of drug-likeness (QED) is 0.902. The molecule has 0 spiro atoms. The van der Waals surface area contributed by atoms with E-state index in [9.17, 15) is 0 Å². The predicted octanol–water partition coefficient (Wildman–Crippen LogP) is 2.95. The first kappa shape index (κ1) is 15.4. The van der Waals surface area contributed by atoms with Gasteiger partial charge in [0.2, 0.25) is 11.2 Å². The Balaban J connectivity index is 2.40. The van der Waals surface area contributed by atoms with Crippen molar-refractivity contribution >= 4 is 34.8 Å². The number of nitrogens with zero attached hydrogens (tertiary/aromatic N) is 3. The Labute approximate surface area is 131 Å². The van der Waals surface area contributed by atoms with Gasteiger partial charge >= 0.3 is 6.01 Å². The number of halogens is 2. The number of hydrogen-bond acceptors (Lipinski definition) is 7. The third-order valence-corrected chi connectivity index (χ3v) is 2.95. The summed E-state index contributed by atoms with van der Waals surface area (Å²) in [5.41, 5.74) is 0.558. The van der Waals surface area contributed by atoms with Gasteiger partial charge in [-0.1, -0.05) is 11.6 Å². The van der Waals surface area contributed by atoms with Crippen molar-refractivity contribution in [2.75, 3.05) is 26.6 Å². The standard InChI is InChI=1S/C12H12Cl2N4O3/c1-19-8-5-7(9(20-2)4-6(8)13)15-11-16-10(14)17-12(18-11)21-3/h4-5H,1-3H3,(H,15,16,17,18). The van der Waals surface area contributed by atoms with E-state index < -0.39 is 0 Å². The van der Waals surface area contributed by atoms with E-state index in [2.05, 4.69) is 20.3 Å². The minimum Gasteiger partial charge on any atom is -0.495 e. The fourth-order valence-corrected chi connectivity index (χ4v) is 1.94. The van der Waals surface area contributed by atoms with E-state index in [0.29, 0.717) is 22.2 Å². The Morgan fingerprint density at radius 2 is 1.62 bits per heavy atom. The van der Waals surface area contributed by atoms with Gasteiger partial charge in [0.25, 0.3) is 0 Å². The van der Waals surface area contributed by atoms with Crippen molar-refractivity contribution in [3.63, 3.8) is 0 Å². The van der Waals surface area contributed by atoms with Gasteiger partial charge in [-0.05, 0) is 11.6 Å². The number of nitrogens with one attached hydrogen (secondary N) is 1. The van der Waals surface area contributed by atoms with Crippen LogP contribution in [-0.4, -0.2) is 36.3 Å². The number of rotatable bonds is 5. The summed E-state index contributed by atoms with van der Waals surface area (Å²) in [6.45, 7) is 0. The molecule has 0 amide bonds. The van der Waals surface area contributed by atoms with E-state index in [4.69, 9.17) is 37.4 Å². The van der Waals surface area contributed by atoms with Gasteiger partial charge in [0, 0.05) is 12.1 Å². The second-order valence-electron chi connectivity index (χ2n) is 3.73. The maximum atomic E-state index is 6.04. The van der Waals surface area contributed by atoms with Crippen LogP contribution in [0.1, 0.15) is 0 Å². The molecule has 1 N–H and O–H groups in total. The molecule has 0 atom stereocenters. The van der Waals surface area contributed by atoms with Gasteiger partial charge in [-0.25, -0.2) is 0 Å². The highest BCUT2D eigenvalue weighted by Crippen LogP contribution is 2.37. The highest BCUT2D eigenvalue weighted by molar-refractivity contribution is 6.32. The van der Waals surface area contributed by atoms with Gasteiger partial charge in [0.1, 0.15) is 11.5 Å². The Bertz CT molecular complexity index is 655. The molecule has 21 heavy (non-hydrogen) atoms. The molecule has 0 fully saturated rings. The van der Waals surface area contributed by atoms with Crippen molar-refractivity contribution < 1.29 is 14.2 Å². The summed E-state index contributed by atoms with van der Waals surface area (Å²) in [6.07, 6.45) is 0. The van der Waals surface area contributed by atoms with E-state index in [1.807, 2.05) is 0 Å². The molecule has 1 aromatic carbocycles. The first-order valence-electron chi connectivity index (χ1n) is 5.71. The first-order chi connectivity index (χ1) is 10.1. The van der Waals surface area contributed by atoms with Crippen LogP contribution in [0.2, 0.25) is 10.3 Å². The molecule has 2 rings (SSSR count). The molecule has 0 unspecified atom stereocenters. The molecule has 0 bridgehead atoms. The van der Waals surface area contributed by atoms with E-state index in [-0.39, 0.29) is 17.2 Å². The Kier molecular flexibility index (Phi) is 4.87.